The maximum absolute atomic E-state index is 12.4. The predicted octanol–water partition coefficient (Wildman–Crippen LogP) is 3.08. The molecule has 2 rings (SSSR count). The molecule has 8 heteroatoms. The van der Waals surface area contributed by atoms with E-state index >= 15 is 0 Å². The van der Waals surface area contributed by atoms with Gasteiger partial charge < -0.3 is 10.8 Å². The third-order valence-corrected chi connectivity index (χ3v) is 6.42. The lowest BCUT2D eigenvalue weighted by atomic mass is 9.96. The van der Waals surface area contributed by atoms with Crippen molar-refractivity contribution in [1.82, 2.24) is 0 Å². The number of aliphatic hydroxyl groups is 1. The average molecular weight is 407 g/mol. The second-order valence-corrected chi connectivity index (χ2v) is 9.04. The SMILES string of the molecule is CCCCS(=O)(=O)c1ccc(C(O)C(N)Cc2cccc(C)c2)cc1[N+](=O)[O-]. The molecule has 0 bridgehead atoms. The highest BCUT2D eigenvalue weighted by molar-refractivity contribution is 7.91. The number of sulfone groups is 1. The smallest absolute Gasteiger partial charge is 0.288 e. The van der Waals surface area contributed by atoms with Crippen LogP contribution in [0, 0.1) is 17.0 Å². The van der Waals surface area contributed by atoms with Gasteiger partial charge in [0.25, 0.3) is 5.69 Å². The fourth-order valence-corrected chi connectivity index (χ4v) is 4.65. The van der Waals surface area contributed by atoms with Gasteiger partial charge in [0.05, 0.1) is 16.8 Å². The van der Waals surface area contributed by atoms with Gasteiger partial charge in [-0.1, -0.05) is 49.2 Å². The minimum atomic E-state index is -3.77. The number of rotatable bonds is 9. The van der Waals surface area contributed by atoms with Gasteiger partial charge in [-0.25, -0.2) is 8.42 Å². The molecule has 0 saturated heterocycles. The Morgan fingerprint density at radius 1 is 1.21 bits per heavy atom. The molecule has 2 atom stereocenters. The van der Waals surface area contributed by atoms with Gasteiger partial charge in [0.1, 0.15) is 4.90 Å². The van der Waals surface area contributed by atoms with Crippen molar-refractivity contribution in [3.8, 4) is 0 Å². The van der Waals surface area contributed by atoms with Crippen molar-refractivity contribution >= 4 is 15.5 Å². The maximum atomic E-state index is 12.4. The fraction of sp³-hybridized carbons (Fsp3) is 0.400. The first-order valence-corrected chi connectivity index (χ1v) is 10.8. The minimum absolute atomic E-state index is 0.154. The van der Waals surface area contributed by atoms with Crippen LogP contribution in [0.5, 0.6) is 0 Å². The Hall–Kier alpha value is -2.29. The highest BCUT2D eigenvalue weighted by Gasteiger charge is 2.28. The third kappa shape index (κ3) is 5.37. The second-order valence-electron chi connectivity index (χ2n) is 6.96. The number of nitro groups is 1. The van der Waals surface area contributed by atoms with Gasteiger partial charge >= 0.3 is 0 Å². The summed E-state index contributed by atoms with van der Waals surface area (Å²) in [6.07, 6.45) is 0.308. The fourth-order valence-electron chi connectivity index (χ4n) is 3.04. The number of nitrogens with two attached hydrogens (primary N) is 1. The lowest BCUT2D eigenvalue weighted by Gasteiger charge is -2.20. The summed E-state index contributed by atoms with van der Waals surface area (Å²) in [7, 11) is -3.77. The molecule has 0 aliphatic rings. The molecule has 152 valence electrons. The van der Waals surface area contributed by atoms with E-state index < -0.39 is 32.6 Å². The highest BCUT2D eigenvalue weighted by Crippen LogP contribution is 2.30. The Balaban J connectivity index is 2.30. The summed E-state index contributed by atoms with van der Waals surface area (Å²) in [6, 6.07) is 10.7. The summed E-state index contributed by atoms with van der Waals surface area (Å²) in [6.45, 7) is 3.80. The van der Waals surface area contributed by atoms with Crippen LogP contribution in [-0.2, 0) is 16.3 Å². The van der Waals surface area contributed by atoms with Crippen LogP contribution in [-0.4, -0.2) is 30.2 Å². The summed E-state index contributed by atoms with van der Waals surface area (Å²) < 4.78 is 24.8. The molecule has 0 saturated carbocycles. The Kier molecular flexibility index (Phi) is 7.29. The normalized spacial score (nSPS) is 13.9. The number of hydrogen-bond donors (Lipinski definition) is 2. The molecule has 0 radical (unpaired) electrons. The third-order valence-electron chi connectivity index (χ3n) is 4.58. The topological polar surface area (TPSA) is 124 Å². The van der Waals surface area contributed by atoms with E-state index in [9.17, 15) is 23.6 Å². The van der Waals surface area contributed by atoms with E-state index in [1.54, 1.807) is 0 Å². The van der Waals surface area contributed by atoms with Crippen LogP contribution in [0.4, 0.5) is 5.69 Å². The molecule has 0 spiro atoms. The largest absolute Gasteiger partial charge is 0.387 e. The van der Waals surface area contributed by atoms with E-state index in [0.29, 0.717) is 19.3 Å². The van der Waals surface area contributed by atoms with Gasteiger partial charge in [0.2, 0.25) is 0 Å². The molecular formula is C20H26N2O5S. The van der Waals surface area contributed by atoms with Crippen LogP contribution in [0.2, 0.25) is 0 Å². The Labute approximate surface area is 165 Å². The first kappa shape index (κ1) is 22.0. The van der Waals surface area contributed by atoms with E-state index in [1.165, 1.54) is 12.1 Å². The number of aryl methyl sites for hydroxylation is 1. The molecule has 28 heavy (non-hydrogen) atoms. The van der Waals surface area contributed by atoms with Crippen LogP contribution in [0.3, 0.4) is 0 Å². The quantitative estimate of drug-likeness (QED) is 0.487. The molecule has 0 fully saturated rings. The summed E-state index contributed by atoms with van der Waals surface area (Å²) >= 11 is 0. The van der Waals surface area contributed by atoms with E-state index in [-0.39, 0.29) is 16.2 Å². The van der Waals surface area contributed by atoms with Crippen molar-refractivity contribution in [2.45, 2.75) is 50.2 Å². The predicted molar refractivity (Wildman–Crippen MR) is 108 cm³/mol. The maximum Gasteiger partial charge on any atom is 0.288 e. The molecule has 2 unspecified atom stereocenters. The van der Waals surface area contributed by atoms with Crippen LogP contribution < -0.4 is 5.73 Å². The van der Waals surface area contributed by atoms with E-state index in [1.807, 2.05) is 38.1 Å². The molecule has 2 aromatic rings. The van der Waals surface area contributed by atoms with E-state index in [2.05, 4.69) is 0 Å². The molecule has 0 heterocycles. The van der Waals surface area contributed by atoms with Gasteiger partial charge in [-0.2, -0.15) is 0 Å². The van der Waals surface area contributed by atoms with Crippen molar-refractivity contribution in [1.29, 1.82) is 0 Å². The van der Waals surface area contributed by atoms with Crippen LogP contribution in [0.25, 0.3) is 0 Å². The van der Waals surface area contributed by atoms with Crippen molar-refractivity contribution in [2.75, 3.05) is 5.75 Å². The van der Waals surface area contributed by atoms with Crippen molar-refractivity contribution in [2.24, 2.45) is 5.73 Å². The van der Waals surface area contributed by atoms with Gasteiger partial charge in [0, 0.05) is 12.1 Å². The highest BCUT2D eigenvalue weighted by atomic mass is 32.2. The van der Waals surface area contributed by atoms with Crippen molar-refractivity contribution in [3.05, 3.63) is 69.3 Å². The lowest BCUT2D eigenvalue weighted by Crippen LogP contribution is -2.30. The Morgan fingerprint density at radius 3 is 2.54 bits per heavy atom. The van der Waals surface area contributed by atoms with Crippen LogP contribution in [0.1, 0.15) is 42.6 Å². The molecule has 0 aromatic heterocycles. The zero-order valence-corrected chi connectivity index (χ0v) is 16.9. The van der Waals surface area contributed by atoms with E-state index in [4.69, 9.17) is 5.73 Å². The second kappa shape index (κ2) is 9.27. The Bertz CT molecular complexity index is 943. The Morgan fingerprint density at radius 2 is 1.93 bits per heavy atom. The van der Waals surface area contributed by atoms with Gasteiger partial charge in [-0.05, 0) is 37.0 Å². The number of hydrogen-bond acceptors (Lipinski definition) is 6. The van der Waals surface area contributed by atoms with Gasteiger partial charge in [0.15, 0.2) is 9.84 Å². The molecular weight excluding hydrogens is 380 g/mol. The zero-order chi connectivity index (χ0) is 20.9. The van der Waals surface area contributed by atoms with Crippen molar-refractivity contribution in [3.63, 3.8) is 0 Å². The zero-order valence-electron chi connectivity index (χ0n) is 16.0. The summed E-state index contributed by atoms with van der Waals surface area (Å²) in [5.41, 5.74) is 7.81. The molecule has 3 N–H and O–H groups in total. The first-order chi connectivity index (χ1) is 13.2. The number of benzene rings is 2. The van der Waals surface area contributed by atoms with Crippen LogP contribution >= 0.6 is 0 Å². The standard InChI is InChI=1S/C20H26N2O5S/c1-3-4-10-28(26,27)19-9-8-16(13-18(19)22(24)25)20(23)17(21)12-15-7-5-6-14(2)11-15/h5-9,11,13,17,20,23H,3-4,10,12,21H2,1-2H3. The lowest BCUT2D eigenvalue weighted by molar-refractivity contribution is -0.387. The number of unbranched alkanes of at least 4 members (excludes halogenated alkanes) is 1. The number of nitrogens with zero attached hydrogens (tertiary/aromatic N) is 1. The molecule has 7 nitrogen and oxygen atoms in total. The van der Waals surface area contributed by atoms with Gasteiger partial charge in [-0.15, -0.1) is 0 Å². The first-order valence-electron chi connectivity index (χ1n) is 9.16. The number of nitro benzene ring substituents is 1. The van der Waals surface area contributed by atoms with Crippen LogP contribution in [0.15, 0.2) is 47.4 Å². The molecule has 0 aliphatic heterocycles. The summed E-state index contributed by atoms with van der Waals surface area (Å²) in [5.74, 6) is -0.154. The molecule has 0 amide bonds. The summed E-state index contributed by atoms with van der Waals surface area (Å²) in [4.78, 5) is 10.4. The average Bonchev–Trinajstić information content (AvgIpc) is 2.65. The molecule has 2 aromatic carbocycles. The number of aliphatic hydroxyl groups excluding tert-OH is 1. The minimum Gasteiger partial charge on any atom is -0.387 e. The van der Waals surface area contributed by atoms with E-state index in [0.717, 1.165) is 17.2 Å². The summed E-state index contributed by atoms with van der Waals surface area (Å²) in [5, 5.41) is 22.0. The van der Waals surface area contributed by atoms with Gasteiger partial charge in [-0.3, -0.25) is 10.1 Å². The molecule has 0 aliphatic carbocycles. The van der Waals surface area contributed by atoms with Crippen molar-refractivity contribution < 1.29 is 18.4 Å². The monoisotopic (exact) mass is 406 g/mol.